The Balaban J connectivity index is 2.01. The van der Waals surface area contributed by atoms with Gasteiger partial charge < -0.3 is 20.2 Å². The largest absolute Gasteiger partial charge is 0.472 e. The maximum atomic E-state index is 13.1. The smallest absolute Gasteiger partial charge is 0.366 e. The molecule has 1 aromatic heterocycles. The van der Waals surface area contributed by atoms with Crippen molar-refractivity contribution >= 4 is 29.1 Å². The van der Waals surface area contributed by atoms with Crippen molar-refractivity contribution in [1.82, 2.24) is 4.98 Å². The number of benzene rings is 1. The predicted molar refractivity (Wildman–Crippen MR) is 112 cm³/mol. The Labute approximate surface area is 174 Å². The third-order valence-corrected chi connectivity index (χ3v) is 5.09. The molecule has 3 rings (SSSR count). The van der Waals surface area contributed by atoms with Crippen molar-refractivity contribution in [1.29, 1.82) is 0 Å². The fraction of sp³-hybridized carbons (Fsp3) is 0.381. The van der Waals surface area contributed by atoms with Crippen molar-refractivity contribution in [2.24, 2.45) is 0 Å². The predicted octanol–water partition coefficient (Wildman–Crippen LogP) is 3.39. The van der Waals surface area contributed by atoms with Gasteiger partial charge in [0.2, 0.25) is 5.91 Å². The molecule has 0 bridgehead atoms. The van der Waals surface area contributed by atoms with Crippen molar-refractivity contribution in [3.8, 4) is 5.75 Å². The molecule has 1 aliphatic heterocycles. The fourth-order valence-corrected chi connectivity index (χ4v) is 3.39. The van der Waals surface area contributed by atoms with Gasteiger partial charge in [0.05, 0.1) is 0 Å². The highest BCUT2D eigenvalue weighted by Crippen LogP contribution is 2.39. The van der Waals surface area contributed by atoms with Crippen LogP contribution in [0.2, 0.25) is 0 Å². The van der Waals surface area contributed by atoms with Gasteiger partial charge in [0, 0.05) is 11.8 Å². The molecule has 1 N–H and O–H groups in total. The lowest BCUT2D eigenvalue weighted by atomic mass is 10.0. The monoisotopic (exact) mass is 412 g/mol. The summed E-state index contributed by atoms with van der Waals surface area (Å²) in [6.07, 6.45) is 0.728. The van der Waals surface area contributed by atoms with Gasteiger partial charge in [-0.05, 0) is 61.2 Å². The fourth-order valence-electron chi connectivity index (χ4n) is 3.39. The Morgan fingerprint density at radius 1 is 1.33 bits per heavy atom. The number of para-hydroxylation sites is 1. The van der Waals surface area contributed by atoms with Crippen LogP contribution in [0.3, 0.4) is 0 Å². The first kappa shape index (κ1) is 21.2. The maximum Gasteiger partial charge on any atom is 0.366 e. The molecule has 1 unspecified atom stereocenters. The average Bonchev–Trinajstić information content (AvgIpc) is 2.69. The van der Waals surface area contributed by atoms with E-state index >= 15 is 0 Å². The van der Waals surface area contributed by atoms with Crippen molar-refractivity contribution in [3.05, 3.63) is 51.6 Å². The lowest BCUT2D eigenvalue weighted by Crippen LogP contribution is -2.58. The van der Waals surface area contributed by atoms with Crippen LogP contribution in [0.4, 0.5) is 17.3 Å². The van der Waals surface area contributed by atoms with Gasteiger partial charge in [0.25, 0.3) is 11.7 Å². The summed E-state index contributed by atoms with van der Waals surface area (Å²) < 4.78 is 5.69. The summed E-state index contributed by atoms with van der Waals surface area (Å²) in [6, 6.07) is 7.36. The summed E-state index contributed by atoms with van der Waals surface area (Å²) in [4.78, 5) is 41.9. The molecule has 0 fully saturated rings. The van der Waals surface area contributed by atoms with Crippen LogP contribution >= 0.6 is 0 Å². The lowest BCUT2D eigenvalue weighted by molar-refractivity contribution is -0.389. The van der Waals surface area contributed by atoms with E-state index in [9.17, 15) is 19.7 Å². The van der Waals surface area contributed by atoms with Gasteiger partial charge in [0.1, 0.15) is 6.04 Å². The number of aromatic nitrogens is 1. The molecular weight excluding hydrogens is 388 g/mol. The molecule has 9 nitrogen and oxygen atoms in total. The summed E-state index contributed by atoms with van der Waals surface area (Å²) in [6.45, 7) is 8.59. The molecule has 0 saturated carbocycles. The summed E-state index contributed by atoms with van der Waals surface area (Å²) in [7, 11) is 0. The Morgan fingerprint density at radius 2 is 2.03 bits per heavy atom. The van der Waals surface area contributed by atoms with E-state index in [1.165, 1.54) is 17.0 Å². The Morgan fingerprint density at radius 3 is 2.67 bits per heavy atom. The van der Waals surface area contributed by atoms with E-state index < -0.39 is 34.2 Å². The topological polar surface area (TPSA) is 115 Å². The average molecular weight is 412 g/mol. The number of amides is 2. The molecule has 30 heavy (non-hydrogen) atoms. The zero-order valence-corrected chi connectivity index (χ0v) is 17.6. The number of ether oxygens (including phenoxy) is 1. The Bertz CT molecular complexity index is 1030. The molecular formula is C21H24N4O5. The van der Waals surface area contributed by atoms with E-state index in [1.807, 2.05) is 32.0 Å². The molecule has 0 saturated heterocycles. The third kappa shape index (κ3) is 3.70. The molecule has 0 radical (unpaired) electrons. The van der Waals surface area contributed by atoms with Crippen LogP contribution in [0.25, 0.3) is 0 Å². The van der Waals surface area contributed by atoms with E-state index in [4.69, 9.17) is 4.74 Å². The maximum absolute atomic E-state index is 13.1. The molecule has 0 aliphatic carbocycles. The van der Waals surface area contributed by atoms with Crippen molar-refractivity contribution in [2.75, 3.05) is 10.2 Å². The second kappa shape index (κ2) is 7.74. The number of aryl methyl sites for hydroxylation is 2. The molecule has 0 spiro atoms. The number of carbonyl (C=O) groups excluding carboxylic acids is 2. The number of nitrogens with zero attached hydrogens (tertiary/aromatic N) is 3. The minimum atomic E-state index is -1.25. The van der Waals surface area contributed by atoms with Gasteiger partial charge >= 0.3 is 5.82 Å². The second-order valence-corrected chi connectivity index (χ2v) is 7.66. The number of hydrogen-bond donors (Lipinski definition) is 1. The van der Waals surface area contributed by atoms with Crippen molar-refractivity contribution in [3.63, 3.8) is 0 Å². The van der Waals surface area contributed by atoms with Crippen molar-refractivity contribution < 1.29 is 19.2 Å². The minimum absolute atomic E-state index is 0.0447. The van der Waals surface area contributed by atoms with Crippen LogP contribution < -0.4 is 15.0 Å². The van der Waals surface area contributed by atoms with E-state index in [1.54, 1.807) is 20.8 Å². The van der Waals surface area contributed by atoms with Crippen LogP contribution in [0, 0.1) is 17.0 Å². The quantitative estimate of drug-likeness (QED) is 0.595. The zero-order chi connectivity index (χ0) is 22.2. The number of nitro groups is 1. The van der Waals surface area contributed by atoms with E-state index in [-0.39, 0.29) is 11.6 Å². The molecule has 2 amide bonds. The van der Waals surface area contributed by atoms with Gasteiger partial charge in [-0.1, -0.05) is 25.1 Å². The van der Waals surface area contributed by atoms with Gasteiger partial charge in [0.15, 0.2) is 11.4 Å². The standard InChI is InChI=1S/C21H24N4O5/c1-6-14-9-7-8-12(2)17(14)23-19(26)13(3)24-18-15(30-21(4,5)20(24)27)10-11-16(22-18)25(28)29/h7-11,13H,6H2,1-5H3,(H,23,26). The number of fused-ring (bicyclic) bond motifs is 1. The van der Waals surface area contributed by atoms with Crippen LogP contribution in [-0.2, 0) is 16.0 Å². The Hall–Kier alpha value is -3.49. The molecule has 1 atom stereocenters. The highest BCUT2D eigenvalue weighted by Gasteiger charge is 2.47. The van der Waals surface area contributed by atoms with Crippen molar-refractivity contribution in [2.45, 2.75) is 52.7 Å². The van der Waals surface area contributed by atoms with Crippen LogP contribution in [0.5, 0.6) is 5.75 Å². The molecule has 1 aliphatic rings. The number of carbonyl (C=O) groups is 2. The second-order valence-electron chi connectivity index (χ2n) is 7.66. The summed E-state index contributed by atoms with van der Waals surface area (Å²) >= 11 is 0. The van der Waals surface area contributed by atoms with E-state index in [0.29, 0.717) is 5.69 Å². The molecule has 158 valence electrons. The number of anilines is 2. The number of rotatable bonds is 5. The van der Waals surface area contributed by atoms with E-state index in [0.717, 1.165) is 17.5 Å². The van der Waals surface area contributed by atoms with Gasteiger partial charge in [-0.15, -0.1) is 0 Å². The van der Waals surface area contributed by atoms with Gasteiger partial charge in [-0.25, -0.2) is 0 Å². The highest BCUT2D eigenvalue weighted by molar-refractivity contribution is 6.09. The first-order valence-electron chi connectivity index (χ1n) is 9.64. The van der Waals surface area contributed by atoms with Gasteiger partial charge in [-0.2, -0.15) is 0 Å². The van der Waals surface area contributed by atoms with Gasteiger partial charge in [-0.3, -0.25) is 14.5 Å². The summed E-state index contributed by atoms with van der Waals surface area (Å²) in [5, 5.41) is 14.1. The molecule has 2 aromatic rings. The zero-order valence-electron chi connectivity index (χ0n) is 17.6. The first-order valence-corrected chi connectivity index (χ1v) is 9.64. The summed E-state index contributed by atoms with van der Waals surface area (Å²) in [5.41, 5.74) is 1.32. The molecule has 2 heterocycles. The normalized spacial score (nSPS) is 15.8. The highest BCUT2D eigenvalue weighted by atomic mass is 16.6. The SMILES string of the molecule is CCc1cccc(C)c1NC(=O)C(C)N1C(=O)C(C)(C)Oc2ccc([N+](=O)[O-])nc21. The van der Waals surface area contributed by atoms with Crippen LogP contribution in [0.15, 0.2) is 30.3 Å². The van der Waals surface area contributed by atoms with Crippen LogP contribution in [-0.4, -0.2) is 33.4 Å². The third-order valence-electron chi connectivity index (χ3n) is 5.09. The number of nitrogens with one attached hydrogen (secondary N) is 1. The van der Waals surface area contributed by atoms with E-state index in [2.05, 4.69) is 10.3 Å². The number of hydrogen-bond acceptors (Lipinski definition) is 6. The lowest BCUT2D eigenvalue weighted by Gasteiger charge is -2.38. The molecule has 1 aromatic carbocycles. The summed E-state index contributed by atoms with van der Waals surface area (Å²) in [5.74, 6) is -1.21. The minimum Gasteiger partial charge on any atom is -0.472 e. The Kier molecular flexibility index (Phi) is 5.47. The van der Waals surface area contributed by atoms with Crippen LogP contribution in [0.1, 0.15) is 38.8 Å². The number of pyridine rings is 1. The molecule has 9 heteroatoms. The first-order chi connectivity index (χ1) is 14.1.